The SMILES string of the molecule is COc1cc(CC(=O)O)ccc1OCCN1C(=O)c2ccccc2C1=O. The van der Waals surface area contributed by atoms with Gasteiger partial charge in [0.25, 0.3) is 11.8 Å². The number of carboxylic acids is 1. The zero-order valence-corrected chi connectivity index (χ0v) is 14.1. The third-order valence-electron chi connectivity index (χ3n) is 4.03. The average molecular weight is 355 g/mol. The fraction of sp³-hybridized carbons (Fsp3) is 0.211. The maximum Gasteiger partial charge on any atom is 0.307 e. The zero-order valence-electron chi connectivity index (χ0n) is 14.1. The lowest BCUT2D eigenvalue weighted by Crippen LogP contribution is -2.33. The van der Waals surface area contributed by atoms with Crippen molar-refractivity contribution in [3.63, 3.8) is 0 Å². The Morgan fingerprint density at radius 2 is 1.69 bits per heavy atom. The lowest BCUT2D eigenvalue weighted by Gasteiger charge is -2.16. The number of carboxylic acid groups (broad SMARTS) is 1. The van der Waals surface area contributed by atoms with E-state index in [-0.39, 0.29) is 31.4 Å². The summed E-state index contributed by atoms with van der Waals surface area (Å²) in [6.45, 7) is 0.201. The first-order valence-corrected chi connectivity index (χ1v) is 7.98. The summed E-state index contributed by atoms with van der Waals surface area (Å²) in [4.78, 5) is 36.5. The van der Waals surface area contributed by atoms with Crippen LogP contribution in [0.2, 0.25) is 0 Å². The summed E-state index contributed by atoms with van der Waals surface area (Å²) >= 11 is 0. The Bertz CT molecular complexity index is 841. The van der Waals surface area contributed by atoms with E-state index in [2.05, 4.69) is 0 Å². The van der Waals surface area contributed by atoms with E-state index in [4.69, 9.17) is 14.6 Å². The Hall–Kier alpha value is -3.35. The summed E-state index contributed by atoms with van der Waals surface area (Å²) < 4.78 is 10.8. The zero-order chi connectivity index (χ0) is 18.7. The molecular formula is C19H17NO6. The Kier molecular flexibility index (Phi) is 4.88. The van der Waals surface area contributed by atoms with Gasteiger partial charge in [-0.1, -0.05) is 18.2 Å². The molecule has 2 amide bonds. The first kappa shape index (κ1) is 17.5. The molecule has 0 fully saturated rings. The summed E-state index contributed by atoms with van der Waals surface area (Å²) in [6.07, 6.45) is -0.119. The highest BCUT2D eigenvalue weighted by atomic mass is 16.5. The van der Waals surface area contributed by atoms with Crippen molar-refractivity contribution in [2.24, 2.45) is 0 Å². The molecule has 0 aliphatic carbocycles. The lowest BCUT2D eigenvalue weighted by atomic mass is 10.1. The number of carbonyl (C=O) groups excluding carboxylic acids is 2. The minimum atomic E-state index is -0.939. The molecule has 0 aromatic heterocycles. The van der Waals surface area contributed by atoms with Gasteiger partial charge in [0, 0.05) is 0 Å². The maximum absolute atomic E-state index is 12.3. The van der Waals surface area contributed by atoms with Crippen molar-refractivity contribution in [3.05, 3.63) is 59.2 Å². The minimum Gasteiger partial charge on any atom is -0.493 e. The molecule has 0 radical (unpaired) electrons. The largest absolute Gasteiger partial charge is 0.493 e. The first-order chi connectivity index (χ1) is 12.5. The van der Waals surface area contributed by atoms with Crippen LogP contribution in [-0.2, 0) is 11.2 Å². The molecule has 2 aromatic carbocycles. The maximum atomic E-state index is 12.3. The molecule has 0 spiro atoms. The van der Waals surface area contributed by atoms with Crippen LogP contribution in [0.5, 0.6) is 11.5 Å². The molecule has 134 valence electrons. The smallest absolute Gasteiger partial charge is 0.307 e. The molecule has 7 nitrogen and oxygen atoms in total. The molecule has 3 rings (SSSR count). The number of carbonyl (C=O) groups is 3. The number of nitrogens with zero attached hydrogens (tertiary/aromatic N) is 1. The number of hydrogen-bond acceptors (Lipinski definition) is 5. The monoisotopic (exact) mass is 355 g/mol. The van der Waals surface area contributed by atoms with Crippen molar-refractivity contribution < 1.29 is 29.0 Å². The van der Waals surface area contributed by atoms with E-state index in [1.54, 1.807) is 42.5 Å². The highest BCUT2D eigenvalue weighted by Gasteiger charge is 2.34. The van der Waals surface area contributed by atoms with Crippen molar-refractivity contribution >= 4 is 17.8 Å². The average Bonchev–Trinajstić information content (AvgIpc) is 2.87. The predicted octanol–water partition coefficient (Wildman–Crippen LogP) is 2.00. The quantitative estimate of drug-likeness (QED) is 0.764. The van der Waals surface area contributed by atoms with Gasteiger partial charge in [-0.2, -0.15) is 0 Å². The van der Waals surface area contributed by atoms with E-state index in [1.807, 2.05) is 0 Å². The van der Waals surface area contributed by atoms with Gasteiger partial charge in [0.15, 0.2) is 11.5 Å². The lowest BCUT2D eigenvalue weighted by molar-refractivity contribution is -0.136. The molecule has 1 N–H and O–H groups in total. The number of benzene rings is 2. The first-order valence-electron chi connectivity index (χ1n) is 7.98. The molecule has 26 heavy (non-hydrogen) atoms. The van der Waals surface area contributed by atoms with Crippen molar-refractivity contribution in [2.75, 3.05) is 20.3 Å². The molecule has 0 atom stereocenters. The van der Waals surface area contributed by atoms with E-state index < -0.39 is 5.97 Å². The van der Waals surface area contributed by atoms with Gasteiger partial charge < -0.3 is 14.6 Å². The number of amides is 2. The van der Waals surface area contributed by atoms with Crippen molar-refractivity contribution in [3.8, 4) is 11.5 Å². The second kappa shape index (κ2) is 7.26. The van der Waals surface area contributed by atoms with Crippen LogP contribution in [0.4, 0.5) is 0 Å². The standard InChI is InChI=1S/C19H17NO6/c1-25-16-10-12(11-17(21)22)6-7-15(16)26-9-8-20-18(23)13-4-2-3-5-14(13)19(20)24/h2-7,10H,8-9,11H2,1H3,(H,21,22). The number of ether oxygens (including phenoxy) is 2. The van der Waals surface area contributed by atoms with E-state index in [0.717, 1.165) is 4.90 Å². The Balaban J connectivity index is 1.65. The second-order valence-corrected chi connectivity index (χ2v) is 5.71. The van der Waals surface area contributed by atoms with Crippen LogP contribution in [0, 0.1) is 0 Å². The van der Waals surface area contributed by atoms with Crippen LogP contribution < -0.4 is 9.47 Å². The van der Waals surface area contributed by atoms with Gasteiger partial charge in [0.05, 0.1) is 31.2 Å². The minimum absolute atomic E-state index is 0.0973. The Morgan fingerprint density at radius 3 is 2.27 bits per heavy atom. The summed E-state index contributed by atoms with van der Waals surface area (Å²) in [6, 6.07) is 11.5. The molecule has 1 aliphatic rings. The number of fused-ring (bicyclic) bond motifs is 1. The number of aliphatic carboxylic acids is 1. The molecule has 0 saturated heterocycles. The van der Waals surface area contributed by atoms with Gasteiger partial charge >= 0.3 is 5.97 Å². The fourth-order valence-electron chi connectivity index (χ4n) is 2.80. The van der Waals surface area contributed by atoms with E-state index >= 15 is 0 Å². The summed E-state index contributed by atoms with van der Waals surface area (Å²) in [7, 11) is 1.46. The van der Waals surface area contributed by atoms with Gasteiger partial charge in [0.2, 0.25) is 0 Å². The molecular weight excluding hydrogens is 338 g/mol. The van der Waals surface area contributed by atoms with Crippen LogP contribution in [-0.4, -0.2) is 48.1 Å². The number of hydrogen-bond donors (Lipinski definition) is 1. The molecule has 0 saturated carbocycles. The normalized spacial score (nSPS) is 12.9. The van der Waals surface area contributed by atoms with Crippen molar-refractivity contribution in [1.29, 1.82) is 0 Å². The second-order valence-electron chi connectivity index (χ2n) is 5.71. The summed E-state index contributed by atoms with van der Waals surface area (Å²) in [5.74, 6) is -0.799. The van der Waals surface area contributed by atoms with Crippen molar-refractivity contribution in [2.45, 2.75) is 6.42 Å². The Labute approximate surface area is 149 Å². The summed E-state index contributed by atoms with van der Waals surface area (Å²) in [5, 5.41) is 8.85. The molecule has 0 bridgehead atoms. The highest BCUT2D eigenvalue weighted by Crippen LogP contribution is 2.28. The molecule has 0 unspecified atom stereocenters. The van der Waals surface area contributed by atoms with Crippen molar-refractivity contribution in [1.82, 2.24) is 4.90 Å². The molecule has 1 aliphatic heterocycles. The number of rotatable bonds is 7. The summed E-state index contributed by atoms with van der Waals surface area (Å²) in [5.41, 5.74) is 1.38. The topological polar surface area (TPSA) is 93.1 Å². The molecule has 1 heterocycles. The highest BCUT2D eigenvalue weighted by molar-refractivity contribution is 6.21. The van der Waals surface area contributed by atoms with Gasteiger partial charge in [0.1, 0.15) is 6.61 Å². The molecule has 2 aromatic rings. The van der Waals surface area contributed by atoms with Crippen LogP contribution in [0.15, 0.2) is 42.5 Å². The van der Waals surface area contributed by atoms with Gasteiger partial charge in [-0.3, -0.25) is 19.3 Å². The van der Waals surface area contributed by atoms with E-state index in [0.29, 0.717) is 28.2 Å². The fourth-order valence-corrected chi connectivity index (χ4v) is 2.80. The van der Waals surface area contributed by atoms with E-state index in [9.17, 15) is 14.4 Å². The van der Waals surface area contributed by atoms with Gasteiger partial charge in [-0.15, -0.1) is 0 Å². The van der Waals surface area contributed by atoms with Crippen LogP contribution in [0.3, 0.4) is 0 Å². The van der Waals surface area contributed by atoms with Crippen LogP contribution in [0.25, 0.3) is 0 Å². The number of imide groups is 1. The third-order valence-corrected chi connectivity index (χ3v) is 4.03. The Morgan fingerprint density at radius 1 is 1.04 bits per heavy atom. The van der Waals surface area contributed by atoms with Crippen LogP contribution >= 0.6 is 0 Å². The van der Waals surface area contributed by atoms with E-state index in [1.165, 1.54) is 7.11 Å². The van der Waals surface area contributed by atoms with Gasteiger partial charge in [-0.25, -0.2) is 0 Å². The predicted molar refractivity (Wildman–Crippen MR) is 91.6 cm³/mol. The number of methoxy groups -OCH3 is 1. The van der Waals surface area contributed by atoms with Gasteiger partial charge in [-0.05, 0) is 29.8 Å². The third kappa shape index (κ3) is 3.37. The van der Waals surface area contributed by atoms with Crippen LogP contribution in [0.1, 0.15) is 26.3 Å². The molecule has 7 heteroatoms.